The standard InChI is InChI=1S/C13H14ClNO/c1-10-8-11(14)2-3-12(10)16-9-13(4-5-13)6-7-15/h2-3,8H,4-6,9H2,1H3. The molecule has 0 atom stereocenters. The van der Waals surface area contributed by atoms with Gasteiger partial charge in [-0.3, -0.25) is 0 Å². The molecule has 0 spiro atoms. The van der Waals surface area contributed by atoms with Gasteiger partial charge in [0.2, 0.25) is 0 Å². The molecule has 84 valence electrons. The summed E-state index contributed by atoms with van der Waals surface area (Å²) in [6, 6.07) is 7.84. The third-order valence-electron chi connectivity index (χ3n) is 3.08. The van der Waals surface area contributed by atoms with Gasteiger partial charge >= 0.3 is 0 Å². The predicted octanol–water partition coefficient (Wildman–Crippen LogP) is 3.72. The molecular formula is C13H14ClNO. The fraction of sp³-hybridized carbons (Fsp3) is 0.462. The van der Waals surface area contributed by atoms with Gasteiger partial charge in [0.25, 0.3) is 0 Å². The number of benzene rings is 1. The molecule has 0 aliphatic heterocycles. The summed E-state index contributed by atoms with van der Waals surface area (Å²) in [5.41, 5.74) is 1.17. The van der Waals surface area contributed by atoms with E-state index in [0.717, 1.165) is 29.2 Å². The van der Waals surface area contributed by atoms with Crippen LogP contribution in [-0.4, -0.2) is 6.61 Å². The second-order valence-electron chi connectivity index (χ2n) is 4.53. The van der Waals surface area contributed by atoms with Crippen molar-refractivity contribution in [3.63, 3.8) is 0 Å². The Kier molecular flexibility index (Phi) is 3.07. The van der Waals surface area contributed by atoms with Gasteiger partial charge in [-0.15, -0.1) is 0 Å². The minimum absolute atomic E-state index is 0.126. The van der Waals surface area contributed by atoms with Crippen molar-refractivity contribution in [3.05, 3.63) is 28.8 Å². The fourth-order valence-electron chi connectivity index (χ4n) is 1.72. The smallest absolute Gasteiger partial charge is 0.122 e. The SMILES string of the molecule is Cc1cc(Cl)ccc1OCC1(CC#N)CC1. The maximum Gasteiger partial charge on any atom is 0.122 e. The van der Waals surface area contributed by atoms with E-state index in [1.54, 1.807) is 0 Å². The van der Waals surface area contributed by atoms with Crippen LogP contribution in [0.3, 0.4) is 0 Å². The van der Waals surface area contributed by atoms with Crippen LogP contribution in [0, 0.1) is 23.7 Å². The van der Waals surface area contributed by atoms with E-state index in [-0.39, 0.29) is 5.41 Å². The molecule has 1 aliphatic carbocycles. The molecule has 1 aromatic carbocycles. The van der Waals surface area contributed by atoms with Crippen LogP contribution >= 0.6 is 11.6 Å². The summed E-state index contributed by atoms with van der Waals surface area (Å²) < 4.78 is 5.76. The van der Waals surface area contributed by atoms with Crippen molar-refractivity contribution >= 4 is 11.6 Å². The first-order valence-corrected chi connectivity index (χ1v) is 5.79. The van der Waals surface area contributed by atoms with Crippen LogP contribution in [0.4, 0.5) is 0 Å². The first-order chi connectivity index (χ1) is 7.65. The fourth-order valence-corrected chi connectivity index (χ4v) is 1.95. The highest BCUT2D eigenvalue weighted by Crippen LogP contribution is 2.48. The average Bonchev–Trinajstić information content (AvgIpc) is 2.98. The van der Waals surface area contributed by atoms with Gasteiger partial charge in [-0.25, -0.2) is 0 Å². The highest BCUT2D eigenvalue weighted by Gasteiger charge is 2.43. The van der Waals surface area contributed by atoms with Crippen LogP contribution in [0.25, 0.3) is 0 Å². The molecule has 2 nitrogen and oxygen atoms in total. The average molecular weight is 236 g/mol. The molecule has 0 amide bonds. The maximum absolute atomic E-state index is 8.71. The monoisotopic (exact) mass is 235 g/mol. The first-order valence-electron chi connectivity index (χ1n) is 5.41. The lowest BCUT2D eigenvalue weighted by Gasteiger charge is -2.14. The van der Waals surface area contributed by atoms with Crippen LogP contribution < -0.4 is 4.74 Å². The molecule has 0 unspecified atom stereocenters. The Balaban J connectivity index is 1.98. The number of halogens is 1. The Hall–Kier alpha value is -1.20. The highest BCUT2D eigenvalue weighted by molar-refractivity contribution is 6.30. The Morgan fingerprint density at radius 3 is 2.81 bits per heavy atom. The molecule has 0 saturated heterocycles. The van der Waals surface area contributed by atoms with Crippen molar-refractivity contribution in [2.45, 2.75) is 26.2 Å². The van der Waals surface area contributed by atoms with Crippen molar-refractivity contribution in [2.24, 2.45) is 5.41 Å². The number of hydrogen-bond acceptors (Lipinski definition) is 2. The second kappa shape index (κ2) is 4.35. The normalized spacial score (nSPS) is 16.6. The van der Waals surface area contributed by atoms with Crippen molar-refractivity contribution in [2.75, 3.05) is 6.61 Å². The van der Waals surface area contributed by atoms with Gasteiger partial charge in [-0.05, 0) is 43.5 Å². The van der Waals surface area contributed by atoms with Crippen LogP contribution in [-0.2, 0) is 0 Å². The Morgan fingerprint density at radius 2 is 2.25 bits per heavy atom. The number of hydrogen-bond donors (Lipinski definition) is 0. The topological polar surface area (TPSA) is 33.0 Å². The summed E-state index contributed by atoms with van der Waals surface area (Å²) in [5.74, 6) is 0.869. The van der Waals surface area contributed by atoms with Crippen molar-refractivity contribution < 1.29 is 4.74 Å². The molecule has 1 aromatic rings. The van der Waals surface area contributed by atoms with Crippen molar-refractivity contribution in [1.82, 2.24) is 0 Å². The Morgan fingerprint density at radius 1 is 1.50 bits per heavy atom. The van der Waals surface area contributed by atoms with Gasteiger partial charge in [0.15, 0.2) is 0 Å². The Bertz CT molecular complexity index is 432. The van der Waals surface area contributed by atoms with E-state index in [1.165, 1.54) is 0 Å². The largest absolute Gasteiger partial charge is 0.493 e. The molecule has 0 bridgehead atoms. The predicted molar refractivity (Wildman–Crippen MR) is 63.6 cm³/mol. The molecule has 16 heavy (non-hydrogen) atoms. The van der Waals surface area contributed by atoms with E-state index in [0.29, 0.717) is 13.0 Å². The van der Waals surface area contributed by atoms with Crippen LogP contribution in [0.1, 0.15) is 24.8 Å². The van der Waals surface area contributed by atoms with E-state index in [9.17, 15) is 0 Å². The van der Waals surface area contributed by atoms with Gasteiger partial charge < -0.3 is 4.74 Å². The molecule has 0 heterocycles. The molecular weight excluding hydrogens is 222 g/mol. The number of nitrogens with zero attached hydrogens (tertiary/aromatic N) is 1. The minimum atomic E-state index is 0.126. The lowest BCUT2D eigenvalue weighted by Crippen LogP contribution is -2.12. The number of ether oxygens (including phenoxy) is 1. The summed E-state index contributed by atoms with van der Waals surface area (Å²) in [6.45, 7) is 2.62. The molecule has 3 heteroatoms. The zero-order chi connectivity index (χ0) is 11.6. The van der Waals surface area contributed by atoms with Gasteiger partial charge in [0, 0.05) is 16.9 Å². The van der Waals surface area contributed by atoms with Gasteiger partial charge in [-0.1, -0.05) is 11.6 Å². The highest BCUT2D eigenvalue weighted by atomic mass is 35.5. The summed E-state index contributed by atoms with van der Waals surface area (Å²) >= 11 is 5.87. The zero-order valence-electron chi connectivity index (χ0n) is 9.29. The third-order valence-corrected chi connectivity index (χ3v) is 3.32. The van der Waals surface area contributed by atoms with Gasteiger partial charge in [-0.2, -0.15) is 5.26 Å². The van der Waals surface area contributed by atoms with E-state index >= 15 is 0 Å². The first kappa shape index (κ1) is 11.3. The van der Waals surface area contributed by atoms with Crippen LogP contribution in [0.2, 0.25) is 5.02 Å². The van der Waals surface area contributed by atoms with Crippen molar-refractivity contribution in [3.8, 4) is 11.8 Å². The molecule has 0 N–H and O–H groups in total. The van der Waals surface area contributed by atoms with Gasteiger partial charge in [0.05, 0.1) is 12.7 Å². The maximum atomic E-state index is 8.71. The quantitative estimate of drug-likeness (QED) is 0.797. The van der Waals surface area contributed by atoms with Crippen LogP contribution in [0.15, 0.2) is 18.2 Å². The molecule has 1 saturated carbocycles. The second-order valence-corrected chi connectivity index (χ2v) is 4.97. The zero-order valence-corrected chi connectivity index (χ0v) is 10.0. The van der Waals surface area contributed by atoms with Crippen LogP contribution in [0.5, 0.6) is 5.75 Å². The molecule has 1 fully saturated rings. The van der Waals surface area contributed by atoms with E-state index < -0.39 is 0 Å². The molecule has 0 aromatic heterocycles. The lowest BCUT2D eigenvalue weighted by molar-refractivity contribution is 0.235. The third kappa shape index (κ3) is 2.48. The number of rotatable bonds is 4. The number of aryl methyl sites for hydroxylation is 1. The molecule has 2 rings (SSSR count). The van der Waals surface area contributed by atoms with Crippen molar-refractivity contribution in [1.29, 1.82) is 5.26 Å². The van der Waals surface area contributed by atoms with E-state index in [1.807, 2.05) is 25.1 Å². The summed E-state index contributed by atoms with van der Waals surface area (Å²) in [6.07, 6.45) is 2.81. The van der Waals surface area contributed by atoms with Gasteiger partial charge in [0.1, 0.15) is 5.75 Å². The summed E-state index contributed by atoms with van der Waals surface area (Å²) in [4.78, 5) is 0. The summed E-state index contributed by atoms with van der Waals surface area (Å²) in [7, 11) is 0. The molecule has 1 aliphatic rings. The molecule has 0 radical (unpaired) electrons. The van der Waals surface area contributed by atoms with E-state index in [4.69, 9.17) is 21.6 Å². The Labute approximate surface area is 101 Å². The minimum Gasteiger partial charge on any atom is -0.493 e. The summed E-state index contributed by atoms with van der Waals surface area (Å²) in [5, 5.41) is 9.43. The lowest BCUT2D eigenvalue weighted by atomic mass is 10.1. The van der Waals surface area contributed by atoms with E-state index in [2.05, 4.69) is 6.07 Å². The number of nitriles is 1.